The number of hydrogen-bond acceptors (Lipinski definition) is 13. The predicted octanol–water partition coefficient (Wildman–Crippen LogP) is 0.0678. The molecule has 2 saturated carbocycles. The highest BCUT2D eigenvalue weighted by atomic mass is 32.1. The molecule has 1 aromatic rings. The van der Waals surface area contributed by atoms with Gasteiger partial charge in [-0.05, 0) is 36.4 Å². The van der Waals surface area contributed by atoms with Gasteiger partial charge < -0.3 is 45.1 Å². The van der Waals surface area contributed by atoms with Crippen molar-refractivity contribution >= 4 is 35.0 Å². The Hall–Kier alpha value is -2.72. The van der Waals surface area contributed by atoms with Crippen LogP contribution in [0.25, 0.3) is 0 Å². The molecule has 0 radical (unpaired) electrons. The maximum Gasteiger partial charge on any atom is 0.338 e. The zero-order valence-corrected chi connectivity index (χ0v) is 26.8. The Bertz CT molecular complexity index is 1430. The molecule has 0 spiro atoms. The van der Waals surface area contributed by atoms with Crippen molar-refractivity contribution in [1.82, 2.24) is 5.32 Å². The molecule has 1 aliphatic heterocycles. The van der Waals surface area contributed by atoms with E-state index in [1.165, 1.54) is 32.1 Å². The van der Waals surface area contributed by atoms with E-state index in [1.54, 1.807) is 31.4 Å². The third kappa shape index (κ3) is 4.88. The number of thiophene rings is 1. The normalized spacial score (nSPS) is 40.0. The summed E-state index contributed by atoms with van der Waals surface area (Å²) in [5.41, 5.74) is -7.21. The number of carbonyl (C=O) groups excluding carboxylic acids is 4. The van der Waals surface area contributed by atoms with E-state index in [1.807, 2.05) is 0 Å². The summed E-state index contributed by atoms with van der Waals surface area (Å²) in [6, 6.07) is 2.16. The molecule has 1 aromatic heterocycles. The molecule has 3 fully saturated rings. The van der Waals surface area contributed by atoms with Gasteiger partial charge in [-0.2, -0.15) is 0 Å². The quantitative estimate of drug-likeness (QED) is 0.178. The minimum absolute atomic E-state index is 0.00629. The Labute approximate surface area is 264 Å². The highest BCUT2D eigenvalue weighted by Gasteiger charge is 2.76. The van der Waals surface area contributed by atoms with Gasteiger partial charge in [0.15, 0.2) is 11.9 Å². The summed E-state index contributed by atoms with van der Waals surface area (Å²) in [4.78, 5) is 52.8. The fraction of sp³-hybridized carbons (Fsp3) is 0.677. The fourth-order valence-electron chi connectivity index (χ4n) is 8.14. The standard InChI is InChI=1S/C31H41NO12S/c1-13-16(44-27(39)23(37)21(32-14(2)33)17-8-7-9-45-17)11-31(41)26(43-15(3)34)24-29(6,18(35)10-19-30(24,40)12-42-19)25(38)22(36)20(13)28(31,4)5/h7-9,16,18-19,21-24,26,35-37,40-41H,10-12H2,1-6H3,(H,32,33)/t16?,18-,19+,21-,22+,23+,24-,26-,29+,30-,31+/m0/s1. The average Bonchev–Trinajstić information content (AvgIpc) is 3.48. The maximum atomic E-state index is 14.3. The number of carbonyl (C=O) groups is 4. The lowest BCUT2D eigenvalue weighted by Gasteiger charge is -2.66. The van der Waals surface area contributed by atoms with E-state index in [0.29, 0.717) is 4.88 Å². The van der Waals surface area contributed by atoms with Crippen molar-refractivity contribution in [2.45, 2.75) is 108 Å². The second-order valence-electron chi connectivity index (χ2n) is 13.5. The van der Waals surface area contributed by atoms with Crippen LogP contribution in [0, 0.1) is 16.7 Å². The predicted molar refractivity (Wildman–Crippen MR) is 156 cm³/mol. The second kappa shape index (κ2) is 11.2. The Morgan fingerprint density at radius 1 is 1.13 bits per heavy atom. The number of aliphatic hydroxyl groups is 5. The van der Waals surface area contributed by atoms with Gasteiger partial charge >= 0.3 is 11.9 Å². The molecule has 45 heavy (non-hydrogen) atoms. The minimum Gasteiger partial charge on any atom is -0.459 e. The van der Waals surface area contributed by atoms with Gasteiger partial charge in [0.1, 0.15) is 35.6 Å². The van der Waals surface area contributed by atoms with Crippen molar-refractivity contribution in [3.8, 4) is 0 Å². The molecule has 2 heterocycles. The summed E-state index contributed by atoms with van der Waals surface area (Å²) in [5.74, 6) is -4.80. The van der Waals surface area contributed by atoms with Gasteiger partial charge in [0, 0.05) is 42.9 Å². The summed E-state index contributed by atoms with van der Waals surface area (Å²) in [6.45, 7) is 8.06. The van der Waals surface area contributed by atoms with E-state index in [-0.39, 0.29) is 24.2 Å². The number of amides is 1. The van der Waals surface area contributed by atoms with Gasteiger partial charge in [-0.1, -0.05) is 19.9 Å². The summed E-state index contributed by atoms with van der Waals surface area (Å²) < 4.78 is 17.1. The third-order valence-electron chi connectivity index (χ3n) is 10.7. The van der Waals surface area contributed by atoms with Crippen LogP contribution in [-0.4, -0.2) is 104 Å². The summed E-state index contributed by atoms with van der Waals surface area (Å²) in [7, 11) is 0. The van der Waals surface area contributed by atoms with E-state index < -0.39 is 101 Å². The largest absolute Gasteiger partial charge is 0.459 e. The van der Waals surface area contributed by atoms with Crippen LogP contribution in [-0.2, 0) is 33.4 Å². The zero-order valence-electron chi connectivity index (χ0n) is 26.0. The zero-order chi connectivity index (χ0) is 33.4. The highest BCUT2D eigenvalue weighted by molar-refractivity contribution is 7.10. The fourth-order valence-corrected chi connectivity index (χ4v) is 8.94. The lowest BCUT2D eigenvalue weighted by Crippen LogP contribution is -2.81. The number of aliphatic hydroxyl groups excluding tert-OH is 3. The lowest BCUT2D eigenvalue weighted by molar-refractivity contribution is -0.345. The molecule has 5 rings (SSSR count). The first-order chi connectivity index (χ1) is 20.8. The lowest BCUT2D eigenvalue weighted by atomic mass is 9.45. The van der Waals surface area contributed by atoms with Crippen LogP contribution in [0.2, 0.25) is 0 Å². The maximum absolute atomic E-state index is 14.3. The van der Waals surface area contributed by atoms with E-state index in [4.69, 9.17) is 14.2 Å². The van der Waals surface area contributed by atoms with E-state index in [9.17, 15) is 44.7 Å². The number of ether oxygens (including phenoxy) is 3. The summed E-state index contributed by atoms with van der Waals surface area (Å²) in [6.07, 6.45) is -9.72. The average molecular weight is 652 g/mol. The van der Waals surface area contributed by atoms with Crippen molar-refractivity contribution in [1.29, 1.82) is 0 Å². The number of Topliss-reactive ketones (excluding diaryl/α,β-unsaturated/α-hetero) is 1. The Kier molecular flexibility index (Phi) is 8.38. The van der Waals surface area contributed by atoms with Gasteiger partial charge in [-0.25, -0.2) is 4.79 Å². The first-order valence-corrected chi connectivity index (χ1v) is 15.7. The molecular weight excluding hydrogens is 610 g/mol. The van der Waals surface area contributed by atoms with Gasteiger partial charge in [-0.15, -0.1) is 11.3 Å². The van der Waals surface area contributed by atoms with Gasteiger partial charge in [0.2, 0.25) is 5.91 Å². The minimum atomic E-state index is -2.20. The molecule has 1 saturated heterocycles. The molecule has 3 aliphatic carbocycles. The molecule has 11 atom stereocenters. The van der Waals surface area contributed by atoms with Crippen molar-refractivity contribution < 1.29 is 58.9 Å². The van der Waals surface area contributed by atoms with Crippen LogP contribution < -0.4 is 5.32 Å². The Balaban J connectivity index is 1.63. The summed E-state index contributed by atoms with van der Waals surface area (Å²) in [5, 5.41) is 63.1. The molecular formula is C31H41NO12S. The van der Waals surface area contributed by atoms with E-state index >= 15 is 0 Å². The topological polar surface area (TPSA) is 209 Å². The second-order valence-corrected chi connectivity index (χ2v) is 14.5. The number of nitrogens with one attached hydrogen (secondary N) is 1. The van der Waals surface area contributed by atoms with Crippen LogP contribution in [0.4, 0.5) is 0 Å². The van der Waals surface area contributed by atoms with Crippen molar-refractivity contribution in [3.63, 3.8) is 0 Å². The number of esters is 2. The van der Waals surface area contributed by atoms with Crippen molar-refractivity contribution in [2.75, 3.05) is 6.61 Å². The number of ketones is 1. The molecule has 248 valence electrons. The van der Waals surface area contributed by atoms with Crippen molar-refractivity contribution in [2.24, 2.45) is 16.7 Å². The third-order valence-corrected chi connectivity index (χ3v) is 11.6. The SMILES string of the molecule is CC(=O)N[C@@H](c1cccs1)[C@@H](O)C(=O)OC1C[C@@]2(O)[C@@H](OC(C)=O)[C@@H]3[C@]4(O)CO[C@@H]4C[C@H](O)[C@@]3(C)C(=O)[C@H](O)C(=C1C)C2(C)C. The Morgan fingerprint density at radius 2 is 1.80 bits per heavy atom. The first kappa shape index (κ1) is 33.6. The number of rotatable bonds is 6. The van der Waals surface area contributed by atoms with E-state index in [2.05, 4.69) is 5.32 Å². The highest BCUT2D eigenvalue weighted by Crippen LogP contribution is 2.63. The molecule has 6 N–H and O–H groups in total. The van der Waals surface area contributed by atoms with Gasteiger partial charge in [0.05, 0.1) is 24.2 Å². The van der Waals surface area contributed by atoms with Crippen LogP contribution in [0.1, 0.15) is 65.3 Å². The smallest absolute Gasteiger partial charge is 0.338 e. The van der Waals surface area contributed by atoms with Crippen LogP contribution in [0.5, 0.6) is 0 Å². The first-order valence-electron chi connectivity index (χ1n) is 14.9. The monoisotopic (exact) mass is 651 g/mol. The molecule has 1 amide bonds. The summed E-state index contributed by atoms with van der Waals surface area (Å²) >= 11 is 1.20. The molecule has 2 bridgehead atoms. The molecule has 1 unspecified atom stereocenters. The van der Waals surface area contributed by atoms with Crippen LogP contribution in [0.15, 0.2) is 28.7 Å². The van der Waals surface area contributed by atoms with Crippen molar-refractivity contribution in [3.05, 3.63) is 33.5 Å². The van der Waals surface area contributed by atoms with Gasteiger partial charge in [-0.3, -0.25) is 14.4 Å². The van der Waals surface area contributed by atoms with Gasteiger partial charge in [0.25, 0.3) is 0 Å². The Morgan fingerprint density at radius 3 is 2.33 bits per heavy atom. The van der Waals surface area contributed by atoms with Crippen LogP contribution in [0.3, 0.4) is 0 Å². The molecule has 4 aliphatic rings. The molecule has 13 nitrogen and oxygen atoms in total. The van der Waals surface area contributed by atoms with E-state index in [0.717, 1.165) is 6.92 Å². The molecule has 14 heteroatoms. The van der Waals surface area contributed by atoms with Crippen LogP contribution >= 0.6 is 11.3 Å². The number of hydrogen-bond donors (Lipinski definition) is 6. The molecule has 0 aromatic carbocycles. The number of fused-ring (bicyclic) bond motifs is 5.